The summed E-state index contributed by atoms with van der Waals surface area (Å²) in [5.74, 6) is 0.855. The number of nitrogens with zero attached hydrogens (tertiary/aromatic N) is 2. The summed E-state index contributed by atoms with van der Waals surface area (Å²) in [4.78, 5) is 20.5. The van der Waals surface area contributed by atoms with Gasteiger partial charge in [0.25, 0.3) is 0 Å². The lowest BCUT2D eigenvalue weighted by molar-refractivity contribution is 0.108. The molecule has 1 fully saturated rings. The van der Waals surface area contributed by atoms with Gasteiger partial charge < -0.3 is 9.72 Å². The van der Waals surface area contributed by atoms with Crippen LogP contribution in [0.3, 0.4) is 0 Å². The van der Waals surface area contributed by atoms with Crippen LogP contribution in [0.15, 0.2) is 12.4 Å². The van der Waals surface area contributed by atoms with E-state index in [2.05, 4.69) is 22.2 Å². The molecule has 1 saturated heterocycles. The number of carbonyl (C=O) groups is 1. The molecule has 1 aliphatic rings. The number of aromatic nitrogens is 2. The monoisotopic (exact) mass is 238 g/mol. The van der Waals surface area contributed by atoms with Crippen LogP contribution >= 0.6 is 0 Å². The van der Waals surface area contributed by atoms with Crippen molar-refractivity contribution >= 4 is 6.09 Å². The number of hydrogen-bond acceptors (Lipinski definition) is 4. The molecule has 2 N–H and O–H groups in total. The van der Waals surface area contributed by atoms with E-state index in [0.717, 1.165) is 18.7 Å². The zero-order valence-corrected chi connectivity index (χ0v) is 9.98. The van der Waals surface area contributed by atoms with Gasteiger partial charge in [-0.05, 0) is 6.42 Å². The minimum atomic E-state index is -0.250. The number of ether oxygens (including phenoxy) is 1. The summed E-state index contributed by atoms with van der Waals surface area (Å²) in [6, 6.07) is 0.0729. The minimum Gasteiger partial charge on any atom is -0.449 e. The molecule has 1 atom stereocenters. The Morgan fingerprint density at radius 2 is 2.59 bits per heavy atom. The molecule has 2 rings (SSSR count). The zero-order chi connectivity index (χ0) is 12.1. The van der Waals surface area contributed by atoms with E-state index in [1.807, 2.05) is 0 Å². The molecule has 0 spiro atoms. The molecule has 1 amide bonds. The highest BCUT2D eigenvalue weighted by Gasteiger charge is 2.28. The van der Waals surface area contributed by atoms with Gasteiger partial charge in [0.1, 0.15) is 5.82 Å². The van der Waals surface area contributed by atoms with Crippen molar-refractivity contribution in [2.24, 2.45) is 0 Å². The Bertz CT molecular complexity index is 352. The molecule has 94 valence electrons. The molecule has 6 heteroatoms. The fourth-order valence-electron chi connectivity index (χ4n) is 1.76. The maximum Gasteiger partial charge on any atom is 0.410 e. The van der Waals surface area contributed by atoms with E-state index in [0.29, 0.717) is 19.8 Å². The van der Waals surface area contributed by atoms with Crippen LogP contribution in [-0.2, 0) is 4.74 Å². The Hall–Kier alpha value is -1.56. The van der Waals surface area contributed by atoms with Crippen LogP contribution in [0.25, 0.3) is 0 Å². The van der Waals surface area contributed by atoms with Gasteiger partial charge in [-0.2, -0.15) is 0 Å². The molecule has 17 heavy (non-hydrogen) atoms. The summed E-state index contributed by atoms with van der Waals surface area (Å²) in [5.41, 5.74) is 0. The van der Waals surface area contributed by atoms with Crippen LogP contribution in [0, 0.1) is 0 Å². The topological polar surface area (TPSA) is 70.2 Å². The lowest BCUT2D eigenvalue weighted by Gasteiger charge is -2.14. The molecule has 0 aromatic carbocycles. The summed E-state index contributed by atoms with van der Waals surface area (Å²) >= 11 is 0. The Morgan fingerprint density at radius 1 is 1.71 bits per heavy atom. The number of nitrogens with one attached hydrogen (secondary N) is 2. The largest absolute Gasteiger partial charge is 0.449 e. The number of H-pyrrole nitrogens is 1. The molecule has 1 aliphatic heterocycles. The highest BCUT2D eigenvalue weighted by atomic mass is 16.6. The molecular weight excluding hydrogens is 220 g/mol. The first-order valence-electron chi connectivity index (χ1n) is 5.95. The van der Waals surface area contributed by atoms with Gasteiger partial charge in [-0.15, -0.1) is 0 Å². The highest BCUT2D eigenvalue weighted by Crippen LogP contribution is 2.15. The maximum atomic E-state index is 11.7. The van der Waals surface area contributed by atoms with Gasteiger partial charge in [-0.3, -0.25) is 10.2 Å². The van der Waals surface area contributed by atoms with Crippen molar-refractivity contribution in [1.82, 2.24) is 20.2 Å². The van der Waals surface area contributed by atoms with Gasteiger partial charge >= 0.3 is 6.09 Å². The van der Waals surface area contributed by atoms with Gasteiger partial charge in [0, 0.05) is 18.9 Å². The quantitative estimate of drug-likeness (QED) is 0.774. The second-order valence-corrected chi connectivity index (χ2v) is 4.08. The summed E-state index contributed by atoms with van der Waals surface area (Å²) in [5, 5.41) is 3.21. The number of unbranched alkanes of at least 4 members (excludes halogenated alkanes) is 1. The molecule has 1 unspecified atom stereocenters. The molecule has 2 heterocycles. The molecule has 1 aromatic heterocycles. The van der Waals surface area contributed by atoms with Crippen LogP contribution < -0.4 is 5.32 Å². The first-order valence-corrected chi connectivity index (χ1v) is 5.95. The van der Waals surface area contributed by atoms with E-state index in [1.165, 1.54) is 0 Å². The van der Waals surface area contributed by atoms with Gasteiger partial charge in [-0.1, -0.05) is 13.3 Å². The standard InChI is InChI=1S/C11H18N4O2/c1-2-3-6-17-11(16)15-7-9(14-8-15)10-12-4-5-13-10/h4-5,9,14H,2-3,6-8H2,1H3,(H,12,13). The first-order chi connectivity index (χ1) is 8.31. The molecule has 1 aromatic rings. The van der Waals surface area contributed by atoms with Gasteiger partial charge in [0.05, 0.1) is 19.3 Å². The summed E-state index contributed by atoms with van der Waals surface area (Å²) in [7, 11) is 0. The number of carbonyl (C=O) groups excluding carboxylic acids is 1. The molecule has 6 nitrogen and oxygen atoms in total. The zero-order valence-electron chi connectivity index (χ0n) is 9.98. The molecule has 0 saturated carbocycles. The van der Waals surface area contributed by atoms with Crippen molar-refractivity contribution in [3.8, 4) is 0 Å². The number of amides is 1. The van der Waals surface area contributed by atoms with Crippen LogP contribution in [-0.4, -0.2) is 40.8 Å². The van der Waals surface area contributed by atoms with Crippen molar-refractivity contribution in [3.63, 3.8) is 0 Å². The normalized spacial score (nSPS) is 19.6. The molecule has 0 bridgehead atoms. The van der Waals surface area contributed by atoms with Crippen molar-refractivity contribution in [1.29, 1.82) is 0 Å². The predicted molar refractivity (Wildman–Crippen MR) is 62.3 cm³/mol. The Labute approximate surface area is 100 Å². The highest BCUT2D eigenvalue weighted by molar-refractivity contribution is 5.68. The van der Waals surface area contributed by atoms with Gasteiger partial charge in [0.2, 0.25) is 0 Å². The van der Waals surface area contributed by atoms with Crippen LogP contribution in [0.5, 0.6) is 0 Å². The number of imidazole rings is 1. The second-order valence-electron chi connectivity index (χ2n) is 4.08. The lowest BCUT2D eigenvalue weighted by Crippen LogP contribution is -2.30. The van der Waals surface area contributed by atoms with Crippen molar-refractivity contribution in [2.45, 2.75) is 25.8 Å². The molecular formula is C11H18N4O2. The average molecular weight is 238 g/mol. The Kier molecular flexibility index (Phi) is 3.98. The third-order valence-corrected chi connectivity index (χ3v) is 2.76. The van der Waals surface area contributed by atoms with E-state index in [-0.39, 0.29) is 12.1 Å². The van der Waals surface area contributed by atoms with Crippen molar-refractivity contribution in [3.05, 3.63) is 18.2 Å². The van der Waals surface area contributed by atoms with Crippen LogP contribution in [0.4, 0.5) is 4.79 Å². The van der Waals surface area contributed by atoms with E-state index in [9.17, 15) is 4.79 Å². The van der Waals surface area contributed by atoms with Crippen molar-refractivity contribution < 1.29 is 9.53 Å². The van der Waals surface area contributed by atoms with Gasteiger partial charge in [-0.25, -0.2) is 9.78 Å². The fourth-order valence-corrected chi connectivity index (χ4v) is 1.76. The van der Waals surface area contributed by atoms with E-state index < -0.39 is 0 Å². The summed E-state index contributed by atoms with van der Waals surface area (Å²) in [6.45, 7) is 3.67. The van der Waals surface area contributed by atoms with Gasteiger partial charge in [0.15, 0.2) is 0 Å². The SMILES string of the molecule is CCCCOC(=O)N1CNC(c2ncc[nH]2)C1. The van der Waals surface area contributed by atoms with E-state index >= 15 is 0 Å². The average Bonchev–Trinajstić information content (AvgIpc) is 3.00. The number of hydrogen-bond donors (Lipinski definition) is 2. The fraction of sp³-hybridized carbons (Fsp3) is 0.636. The summed E-state index contributed by atoms with van der Waals surface area (Å²) in [6.07, 6.45) is 5.17. The number of aromatic amines is 1. The number of rotatable bonds is 4. The predicted octanol–water partition coefficient (Wildman–Crippen LogP) is 1.25. The van der Waals surface area contributed by atoms with Crippen LogP contribution in [0.1, 0.15) is 31.6 Å². The third-order valence-electron chi connectivity index (χ3n) is 2.76. The maximum absolute atomic E-state index is 11.7. The molecule has 0 aliphatic carbocycles. The van der Waals surface area contributed by atoms with E-state index in [1.54, 1.807) is 17.3 Å². The smallest absolute Gasteiger partial charge is 0.410 e. The summed E-state index contributed by atoms with van der Waals surface area (Å²) < 4.78 is 5.15. The molecule has 0 radical (unpaired) electrons. The Morgan fingerprint density at radius 3 is 3.29 bits per heavy atom. The Balaban J connectivity index is 1.79. The second kappa shape index (κ2) is 5.67. The first kappa shape index (κ1) is 11.9. The minimum absolute atomic E-state index is 0.0729. The lowest BCUT2D eigenvalue weighted by atomic mass is 10.3. The van der Waals surface area contributed by atoms with E-state index in [4.69, 9.17) is 4.74 Å². The third kappa shape index (κ3) is 2.97. The van der Waals surface area contributed by atoms with Crippen molar-refractivity contribution in [2.75, 3.05) is 19.8 Å². The van der Waals surface area contributed by atoms with Crippen LogP contribution in [0.2, 0.25) is 0 Å².